The minimum absolute atomic E-state index is 0.0622. The average Bonchev–Trinajstić information content (AvgIpc) is 4.03. The Bertz CT molecular complexity index is 2420. The van der Waals surface area contributed by atoms with Crippen LogP contribution in [-0.2, 0) is 16.0 Å². The number of phenols is 1. The molecule has 0 unspecified atom stereocenters. The zero-order valence-electron chi connectivity index (χ0n) is 34.4. The number of aryl methyl sites for hydroxylation is 2. The summed E-state index contributed by atoms with van der Waals surface area (Å²) in [6.07, 6.45) is 2.45. The van der Waals surface area contributed by atoms with E-state index in [2.05, 4.69) is 41.6 Å². The van der Waals surface area contributed by atoms with Crippen LogP contribution in [0.15, 0.2) is 76.8 Å². The molecule has 8 rings (SSSR count). The number of aliphatic hydroxyl groups excluding tert-OH is 1. The van der Waals surface area contributed by atoms with Gasteiger partial charge in [0, 0.05) is 55.3 Å². The van der Waals surface area contributed by atoms with Gasteiger partial charge in [0.05, 0.1) is 33.9 Å². The summed E-state index contributed by atoms with van der Waals surface area (Å²) in [6.45, 7) is 11.0. The number of carbonyl (C=O) groups excluding carboxylic acids is 2. The Morgan fingerprint density at radius 1 is 1.05 bits per heavy atom. The first-order valence-electron chi connectivity index (χ1n) is 20.8. The summed E-state index contributed by atoms with van der Waals surface area (Å²) in [4.78, 5) is 40.4. The van der Waals surface area contributed by atoms with Crippen molar-refractivity contribution in [2.24, 2.45) is 11.8 Å². The Labute approximate surface area is 353 Å². The van der Waals surface area contributed by atoms with Crippen molar-refractivity contribution in [1.29, 1.82) is 0 Å². The van der Waals surface area contributed by atoms with Gasteiger partial charge in [-0.05, 0) is 85.5 Å². The molecule has 15 heteroatoms. The SMILES string of the molecule is Cc1ncsc1-c1ccc([C@H](C)NC(=O)[C@@H]2C[C@@H](O)CN2C(=O)[C@@H](c2cc(OCCN3CC(CCCc4cc5cc(-c6ccccc6O)nnc5[nH]4)C3)no2)C(C)C)cc1. The summed E-state index contributed by atoms with van der Waals surface area (Å²) in [6, 6.07) is 19.8. The lowest BCUT2D eigenvalue weighted by Gasteiger charge is -2.39. The maximum atomic E-state index is 14.1. The number of ether oxygens (including phenoxy) is 1. The van der Waals surface area contributed by atoms with Crippen LogP contribution in [0.5, 0.6) is 11.6 Å². The number of H-pyrrole nitrogens is 1. The maximum Gasteiger partial charge on any atom is 0.254 e. The number of aromatic hydroxyl groups is 1. The van der Waals surface area contributed by atoms with Crippen molar-refractivity contribution < 1.29 is 29.1 Å². The Morgan fingerprint density at radius 3 is 2.60 bits per heavy atom. The predicted molar refractivity (Wildman–Crippen MR) is 228 cm³/mol. The standard InChI is InChI=1S/C45H52N8O6S/c1-26(2)41(45(57)53-24-34(54)20-37(53)44(56)47-27(3)30-12-14-31(15-13-30)42-28(4)46-25-60-42)39-21-40(51-59-39)58-17-16-52-22-29(23-52)8-7-9-33-18-32-19-36(49-50-43(32)48-33)35-10-5-6-11-38(35)55/h5-6,10-15,18-19,21,25-27,29,34,37,41,54-55H,7-9,16-17,20,22-24H2,1-4H3,(H,47,56)(H,48,50)/t27-,34+,37-,41+/m0/s1. The van der Waals surface area contributed by atoms with Crippen LogP contribution in [0.4, 0.5) is 0 Å². The van der Waals surface area contributed by atoms with Gasteiger partial charge in [0.1, 0.15) is 24.3 Å². The molecule has 60 heavy (non-hydrogen) atoms. The molecule has 2 aliphatic rings. The van der Waals surface area contributed by atoms with Gasteiger partial charge in [0.15, 0.2) is 11.4 Å². The van der Waals surface area contributed by atoms with Gasteiger partial charge in [-0.1, -0.05) is 50.2 Å². The number of thiazole rings is 1. The molecule has 2 fully saturated rings. The first kappa shape index (κ1) is 41.1. The number of hydrogen-bond donors (Lipinski definition) is 4. The summed E-state index contributed by atoms with van der Waals surface area (Å²) in [5.74, 6) is 0.0403. The molecule has 4 aromatic heterocycles. The van der Waals surface area contributed by atoms with Crippen LogP contribution in [0.2, 0.25) is 0 Å². The third-order valence-corrected chi connectivity index (χ3v) is 12.7. The molecule has 314 valence electrons. The van der Waals surface area contributed by atoms with E-state index >= 15 is 0 Å². The second kappa shape index (κ2) is 17.9. The number of carbonyl (C=O) groups is 2. The number of para-hydroxylation sites is 1. The Balaban J connectivity index is 0.781. The van der Waals surface area contributed by atoms with E-state index in [1.807, 2.05) is 75.7 Å². The highest BCUT2D eigenvalue weighted by Gasteiger charge is 2.43. The minimum atomic E-state index is -0.816. The van der Waals surface area contributed by atoms with Crippen molar-refractivity contribution in [3.05, 3.63) is 95.0 Å². The third-order valence-electron chi connectivity index (χ3n) is 11.7. The molecule has 2 aromatic carbocycles. The number of amides is 2. The third kappa shape index (κ3) is 9.08. The number of aromatic amines is 1. The molecule has 0 spiro atoms. The van der Waals surface area contributed by atoms with E-state index in [0.717, 1.165) is 77.3 Å². The van der Waals surface area contributed by atoms with Crippen LogP contribution in [0.25, 0.3) is 32.7 Å². The summed E-state index contributed by atoms with van der Waals surface area (Å²) >= 11 is 1.59. The number of nitrogens with zero attached hydrogens (tertiary/aromatic N) is 6. The highest BCUT2D eigenvalue weighted by Crippen LogP contribution is 2.34. The van der Waals surface area contributed by atoms with E-state index in [1.165, 1.54) is 4.90 Å². The highest BCUT2D eigenvalue weighted by molar-refractivity contribution is 7.13. The van der Waals surface area contributed by atoms with Crippen molar-refractivity contribution >= 4 is 34.2 Å². The highest BCUT2D eigenvalue weighted by atomic mass is 32.1. The summed E-state index contributed by atoms with van der Waals surface area (Å²) < 4.78 is 11.6. The number of β-amino-alcohol motifs (C(OH)–C–C–N with tert-alkyl or cyclic N) is 1. The molecule has 4 N–H and O–H groups in total. The molecular formula is C45H52N8O6S. The molecule has 0 saturated carbocycles. The normalized spacial score (nSPS) is 18.2. The van der Waals surface area contributed by atoms with Crippen LogP contribution < -0.4 is 10.1 Å². The molecule has 6 heterocycles. The van der Waals surface area contributed by atoms with Crippen molar-refractivity contribution in [3.8, 4) is 33.3 Å². The Morgan fingerprint density at radius 2 is 1.85 bits per heavy atom. The maximum absolute atomic E-state index is 14.1. The van der Waals surface area contributed by atoms with E-state index in [1.54, 1.807) is 29.5 Å². The fraction of sp³-hybridized carbons (Fsp3) is 0.422. The largest absolute Gasteiger partial charge is 0.507 e. The van der Waals surface area contributed by atoms with E-state index < -0.39 is 18.1 Å². The van der Waals surface area contributed by atoms with E-state index in [4.69, 9.17) is 9.26 Å². The fourth-order valence-corrected chi connectivity index (χ4v) is 9.26. The molecule has 2 aliphatic heterocycles. The van der Waals surface area contributed by atoms with Crippen LogP contribution >= 0.6 is 11.3 Å². The molecule has 6 aromatic rings. The molecule has 4 atom stereocenters. The fourth-order valence-electron chi connectivity index (χ4n) is 8.45. The van der Waals surface area contributed by atoms with Gasteiger partial charge in [0.25, 0.3) is 5.88 Å². The van der Waals surface area contributed by atoms with Crippen molar-refractivity contribution in [2.45, 2.75) is 77.5 Å². The molecule has 2 saturated heterocycles. The van der Waals surface area contributed by atoms with E-state index in [0.29, 0.717) is 35.4 Å². The van der Waals surface area contributed by atoms with Crippen molar-refractivity contribution in [2.75, 3.05) is 32.8 Å². The first-order chi connectivity index (χ1) is 29.0. The van der Waals surface area contributed by atoms with E-state index in [9.17, 15) is 19.8 Å². The van der Waals surface area contributed by atoms with Crippen molar-refractivity contribution in [1.82, 2.24) is 40.4 Å². The number of aromatic nitrogens is 5. The smallest absolute Gasteiger partial charge is 0.254 e. The summed E-state index contributed by atoms with van der Waals surface area (Å²) in [5.41, 5.74) is 8.00. The van der Waals surface area contributed by atoms with Crippen molar-refractivity contribution in [3.63, 3.8) is 0 Å². The number of rotatable bonds is 16. The number of benzene rings is 2. The lowest BCUT2D eigenvalue weighted by atomic mass is 9.91. The van der Waals surface area contributed by atoms with Crippen LogP contribution in [0, 0.1) is 18.8 Å². The van der Waals surface area contributed by atoms with Gasteiger partial charge in [0.2, 0.25) is 11.8 Å². The topological polar surface area (TPSA) is 183 Å². The quantitative estimate of drug-likeness (QED) is 0.0818. The molecule has 0 radical (unpaired) electrons. The van der Waals surface area contributed by atoms with Gasteiger partial charge in [-0.3, -0.25) is 14.5 Å². The zero-order chi connectivity index (χ0) is 41.9. The second-order valence-corrected chi connectivity index (χ2v) is 17.4. The van der Waals surface area contributed by atoms with Crippen LogP contribution in [-0.4, -0.2) is 102 Å². The van der Waals surface area contributed by atoms with Gasteiger partial charge in [-0.15, -0.1) is 21.5 Å². The Hall–Kier alpha value is -5.64. The molecule has 14 nitrogen and oxygen atoms in total. The van der Waals surface area contributed by atoms with Crippen LogP contribution in [0.1, 0.15) is 74.7 Å². The molecule has 0 bridgehead atoms. The monoisotopic (exact) mass is 832 g/mol. The number of nitrogens with one attached hydrogen (secondary N) is 2. The lowest BCUT2D eigenvalue weighted by Crippen LogP contribution is -2.48. The Kier molecular flexibility index (Phi) is 12.3. The number of fused-ring (bicyclic) bond motifs is 1. The number of likely N-dealkylation sites (tertiary alicyclic amines) is 2. The van der Waals surface area contributed by atoms with Gasteiger partial charge in [-0.2, -0.15) is 0 Å². The predicted octanol–water partition coefficient (Wildman–Crippen LogP) is 6.66. The summed E-state index contributed by atoms with van der Waals surface area (Å²) in [5, 5.41) is 37.7. The molecular weight excluding hydrogens is 781 g/mol. The van der Waals surface area contributed by atoms with Gasteiger partial charge in [-0.25, -0.2) is 4.98 Å². The number of phenolic OH excluding ortho intramolecular Hbond substituents is 1. The van der Waals surface area contributed by atoms with Gasteiger partial charge >= 0.3 is 0 Å². The average molecular weight is 833 g/mol. The molecule has 2 amide bonds. The molecule has 0 aliphatic carbocycles. The van der Waals surface area contributed by atoms with E-state index in [-0.39, 0.29) is 42.5 Å². The van der Waals surface area contributed by atoms with Gasteiger partial charge < -0.3 is 34.7 Å². The minimum Gasteiger partial charge on any atom is -0.507 e. The number of hydrogen-bond acceptors (Lipinski definition) is 12. The summed E-state index contributed by atoms with van der Waals surface area (Å²) in [7, 11) is 0. The zero-order valence-corrected chi connectivity index (χ0v) is 35.2. The lowest BCUT2D eigenvalue weighted by molar-refractivity contribution is -0.141. The first-order valence-corrected chi connectivity index (χ1v) is 21.6. The second-order valence-electron chi connectivity index (χ2n) is 16.5. The van der Waals surface area contributed by atoms with Crippen LogP contribution in [0.3, 0.4) is 0 Å². The number of aliphatic hydroxyl groups is 1.